The number of carbonyl (C=O) groups excluding carboxylic acids is 2. The van der Waals surface area contributed by atoms with Gasteiger partial charge in [-0.2, -0.15) is 0 Å². The molecule has 1 spiro atoms. The number of carbonyl (C=O) groups is 2. The van der Waals surface area contributed by atoms with Crippen molar-refractivity contribution in [1.29, 1.82) is 0 Å². The van der Waals surface area contributed by atoms with Gasteiger partial charge in [-0.1, -0.05) is 12.8 Å². The second-order valence-corrected chi connectivity index (χ2v) is 7.33. The van der Waals surface area contributed by atoms with E-state index >= 15 is 0 Å². The lowest BCUT2D eigenvalue weighted by Gasteiger charge is -2.38. The molecule has 1 aromatic rings. The number of rotatable bonds is 2. The normalized spacial score (nSPS) is 23.9. The smallest absolute Gasteiger partial charge is 0.317 e. The molecule has 0 aliphatic heterocycles. The maximum absolute atomic E-state index is 12.8. The lowest BCUT2D eigenvalue weighted by Crippen LogP contribution is -2.45. The largest absolute Gasteiger partial charge is 0.465 e. The molecular formula is C16H20O3S. The Bertz CT molecular complexity index is 552. The van der Waals surface area contributed by atoms with Crippen LogP contribution in [0.5, 0.6) is 0 Å². The van der Waals surface area contributed by atoms with Gasteiger partial charge in [-0.3, -0.25) is 9.59 Å². The monoisotopic (exact) mass is 292 g/mol. The Balaban J connectivity index is 2.05. The lowest BCUT2D eigenvalue weighted by molar-refractivity contribution is -0.150. The van der Waals surface area contributed by atoms with Crippen LogP contribution in [0.25, 0.3) is 0 Å². The molecule has 0 radical (unpaired) electrons. The minimum absolute atomic E-state index is 0.00375. The molecule has 3 rings (SSSR count). The Labute approximate surface area is 123 Å². The zero-order chi connectivity index (χ0) is 14.3. The maximum atomic E-state index is 12.8. The van der Waals surface area contributed by atoms with E-state index in [1.807, 2.05) is 13.0 Å². The van der Waals surface area contributed by atoms with Crippen LogP contribution in [0.4, 0.5) is 0 Å². The molecule has 0 N–H and O–H groups in total. The van der Waals surface area contributed by atoms with E-state index in [4.69, 9.17) is 4.74 Å². The molecule has 1 atom stereocenters. The van der Waals surface area contributed by atoms with Crippen molar-refractivity contribution >= 4 is 23.1 Å². The Morgan fingerprint density at radius 2 is 2.15 bits per heavy atom. The molecule has 2 aliphatic rings. The number of Topliss-reactive ketones (excluding diaryl/α,β-unsaturated/α-hetero) is 1. The number of aryl methyl sites for hydroxylation is 1. The molecule has 4 heteroatoms. The average Bonchev–Trinajstić information content (AvgIpc) is 2.97. The van der Waals surface area contributed by atoms with Gasteiger partial charge < -0.3 is 4.74 Å². The van der Waals surface area contributed by atoms with Crippen LogP contribution in [0.3, 0.4) is 0 Å². The van der Waals surface area contributed by atoms with Gasteiger partial charge in [-0.05, 0) is 44.6 Å². The molecular weight excluding hydrogens is 272 g/mol. The number of thiophene rings is 1. The summed E-state index contributed by atoms with van der Waals surface area (Å²) in [4.78, 5) is 27.5. The maximum Gasteiger partial charge on any atom is 0.317 e. The zero-order valence-corrected chi connectivity index (χ0v) is 12.8. The Morgan fingerprint density at radius 3 is 2.80 bits per heavy atom. The summed E-state index contributed by atoms with van der Waals surface area (Å²) in [5.41, 5.74) is 0.594. The van der Waals surface area contributed by atoms with Crippen molar-refractivity contribution in [1.82, 2.24) is 0 Å². The van der Waals surface area contributed by atoms with Gasteiger partial charge in [0.15, 0.2) is 5.78 Å². The van der Waals surface area contributed by atoms with Crippen molar-refractivity contribution in [3.05, 3.63) is 21.4 Å². The molecule has 0 saturated heterocycles. The van der Waals surface area contributed by atoms with Crippen LogP contribution in [0.1, 0.15) is 52.7 Å². The van der Waals surface area contributed by atoms with Gasteiger partial charge in [-0.15, -0.1) is 11.3 Å². The summed E-state index contributed by atoms with van der Waals surface area (Å²) >= 11 is 1.71. The molecule has 1 unspecified atom stereocenters. The molecule has 1 fully saturated rings. The molecule has 0 amide bonds. The zero-order valence-electron chi connectivity index (χ0n) is 12.0. The second kappa shape index (κ2) is 4.99. The first-order chi connectivity index (χ1) is 9.57. The van der Waals surface area contributed by atoms with E-state index < -0.39 is 5.92 Å². The van der Waals surface area contributed by atoms with Gasteiger partial charge in [0.1, 0.15) is 5.92 Å². The van der Waals surface area contributed by atoms with E-state index in [-0.39, 0.29) is 17.2 Å². The number of fused-ring (bicyclic) bond motifs is 1. The van der Waals surface area contributed by atoms with Crippen molar-refractivity contribution in [2.24, 2.45) is 11.3 Å². The summed E-state index contributed by atoms with van der Waals surface area (Å²) in [7, 11) is 0. The molecule has 1 aromatic heterocycles. The molecule has 0 aromatic carbocycles. The van der Waals surface area contributed by atoms with E-state index in [2.05, 4.69) is 0 Å². The molecule has 108 valence electrons. The van der Waals surface area contributed by atoms with E-state index in [0.29, 0.717) is 6.61 Å². The van der Waals surface area contributed by atoms with Crippen molar-refractivity contribution in [2.75, 3.05) is 6.61 Å². The van der Waals surface area contributed by atoms with Gasteiger partial charge in [0.2, 0.25) is 0 Å². The Hall–Kier alpha value is -1.16. The summed E-state index contributed by atoms with van der Waals surface area (Å²) in [6.45, 7) is 4.16. The summed E-state index contributed by atoms with van der Waals surface area (Å²) < 4.78 is 5.20. The number of hydrogen-bond donors (Lipinski definition) is 0. The van der Waals surface area contributed by atoms with Crippen LogP contribution in [0, 0.1) is 18.3 Å². The average molecular weight is 292 g/mol. The quantitative estimate of drug-likeness (QED) is 0.618. The van der Waals surface area contributed by atoms with Crippen molar-refractivity contribution in [2.45, 2.75) is 46.0 Å². The predicted octanol–water partition coefficient (Wildman–Crippen LogP) is 3.54. The predicted molar refractivity (Wildman–Crippen MR) is 78.1 cm³/mol. The molecule has 3 nitrogen and oxygen atoms in total. The highest BCUT2D eigenvalue weighted by Gasteiger charge is 2.53. The molecule has 1 heterocycles. The van der Waals surface area contributed by atoms with Crippen LogP contribution in [-0.2, 0) is 16.0 Å². The molecule has 0 bridgehead atoms. The first-order valence-corrected chi connectivity index (χ1v) is 8.19. The number of hydrogen-bond acceptors (Lipinski definition) is 4. The van der Waals surface area contributed by atoms with E-state index in [1.165, 1.54) is 4.88 Å². The van der Waals surface area contributed by atoms with Crippen molar-refractivity contribution < 1.29 is 14.3 Å². The summed E-state index contributed by atoms with van der Waals surface area (Å²) in [5.74, 6) is -0.892. The fourth-order valence-electron chi connectivity index (χ4n) is 3.89. The van der Waals surface area contributed by atoms with E-state index in [0.717, 1.165) is 42.5 Å². The van der Waals surface area contributed by atoms with Crippen LogP contribution in [0.2, 0.25) is 0 Å². The molecule has 1 saturated carbocycles. The SMILES string of the molecule is CCOC(=O)C1C(=O)c2cc(C)sc2CC12CCCC2. The van der Waals surface area contributed by atoms with E-state index in [1.54, 1.807) is 18.3 Å². The van der Waals surface area contributed by atoms with Crippen LogP contribution >= 0.6 is 11.3 Å². The molecule has 20 heavy (non-hydrogen) atoms. The number of ketones is 1. The highest BCUT2D eigenvalue weighted by atomic mass is 32.1. The third-order valence-corrected chi connectivity index (χ3v) is 5.76. The summed E-state index contributed by atoms with van der Waals surface area (Å²) in [5, 5.41) is 0. The summed E-state index contributed by atoms with van der Waals surface area (Å²) in [6, 6.07) is 1.94. The van der Waals surface area contributed by atoms with Gasteiger partial charge in [0.05, 0.1) is 6.61 Å². The van der Waals surface area contributed by atoms with Crippen molar-refractivity contribution in [3.8, 4) is 0 Å². The lowest BCUT2D eigenvalue weighted by atomic mass is 9.64. The third-order valence-electron chi connectivity index (χ3n) is 4.71. The first kappa shape index (κ1) is 13.8. The topological polar surface area (TPSA) is 43.4 Å². The van der Waals surface area contributed by atoms with Crippen molar-refractivity contribution in [3.63, 3.8) is 0 Å². The van der Waals surface area contributed by atoms with Gasteiger partial charge in [0.25, 0.3) is 0 Å². The Kier molecular flexibility index (Phi) is 3.44. The fourth-order valence-corrected chi connectivity index (χ4v) is 5.08. The van der Waals surface area contributed by atoms with Crippen LogP contribution in [-0.4, -0.2) is 18.4 Å². The van der Waals surface area contributed by atoms with Crippen LogP contribution in [0.15, 0.2) is 6.07 Å². The highest BCUT2D eigenvalue weighted by molar-refractivity contribution is 7.12. The minimum Gasteiger partial charge on any atom is -0.465 e. The summed E-state index contributed by atoms with van der Waals surface area (Å²) in [6.07, 6.45) is 5.04. The minimum atomic E-state index is -0.577. The fraction of sp³-hybridized carbons (Fsp3) is 0.625. The van der Waals surface area contributed by atoms with Gasteiger partial charge >= 0.3 is 5.97 Å². The number of esters is 1. The van der Waals surface area contributed by atoms with E-state index in [9.17, 15) is 9.59 Å². The highest BCUT2D eigenvalue weighted by Crippen LogP contribution is 2.52. The van der Waals surface area contributed by atoms with Gasteiger partial charge in [0, 0.05) is 15.3 Å². The van der Waals surface area contributed by atoms with Gasteiger partial charge in [-0.25, -0.2) is 0 Å². The third kappa shape index (κ3) is 2.01. The Morgan fingerprint density at radius 1 is 1.45 bits per heavy atom. The first-order valence-electron chi connectivity index (χ1n) is 7.37. The van der Waals surface area contributed by atoms with Crippen LogP contribution < -0.4 is 0 Å². The molecule has 2 aliphatic carbocycles. The standard InChI is InChI=1S/C16H20O3S/c1-3-19-15(18)13-14(17)11-8-10(2)20-12(11)9-16(13)6-4-5-7-16/h8,13H,3-7,9H2,1-2H3. The number of ether oxygens (including phenoxy) is 1. The second-order valence-electron chi connectivity index (χ2n) is 5.99.